The summed E-state index contributed by atoms with van der Waals surface area (Å²) < 4.78 is 115. The van der Waals surface area contributed by atoms with E-state index in [4.69, 9.17) is 9.47 Å². The Labute approximate surface area is 216 Å². The fourth-order valence-corrected chi connectivity index (χ4v) is 5.12. The van der Waals surface area contributed by atoms with Crippen molar-refractivity contribution < 1.29 is 44.9 Å². The number of halogens is 7. The van der Waals surface area contributed by atoms with Crippen molar-refractivity contribution in [1.29, 1.82) is 0 Å². The van der Waals surface area contributed by atoms with E-state index < -0.39 is 46.5 Å². The first-order valence-electron chi connectivity index (χ1n) is 12.6. The van der Waals surface area contributed by atoms with Crippen LogP contribution in [0.4, 0.5) is 30.7 Å². The third kappa shape index (κ3) is 6.51. The summed E-state index contributed by atoms with van der Waals surface area (Å²) in [7, 11) is 0. The maximum Gasteiger partial charge on any atom is 0.432 e. The van der Waals surface area contributed by atoms with Crippen LogP contribution in [0.25, 0.3) is 0 Å². The molecule has 0 bridgehead atoms. The molecule has 2 aliphatic rings. The van der Waals surface area contributed by atoms with Gasteiger partial charge in [0.15, 0.2) is 23.7 Å². The third-order valence-electron chi connectivity index (χ3n) is 7.16. The zero-order valence-corrected chi connectivity index (χ0v) is 20.8. The molecule has 2 aromatic rings. The Morgan fingerprint density at radius 2 is 1.45 bits per heavy atom. The molecule has 1 heterocycles. The Morgan fingerprint density at radius 3 is 2.00 bits per heavy atom. The normalized spacial score (nSPS) is 24.6. The summed E-state index contributed by atoms with van der Waals surface area (Å²) in [5.41, 5.74) is -1.47. The predicted molar refractivity (Wildman–Crippen MR) is 125 cm³/mol. The van der Waals surface area contributed by atoms with Gasteiger partial charge in [-0.25, -0.2) is 22.0 Å². The van der Waals surface area contributed by atoms with Gasteiger partial charge in [0.25, 0.3) is 0 Å². The van der Waals surface area contributed by atoms with E-state index in [0.29, 0.717) is 44.8 Å². The first-order chi connectivity index (χ1) is 18.1. The minimum absolute atomic E-state index is 0.130. The highest BCUT2D eigenvalue weighted by Gasteiger charge is 2.42. The zero-order valence-electron chi connectivity index (χ0n) is 20.8. The summed E-state index contributed by atoms with van der Waals surface area (Å²) >= 11 is 0. The number of rotatable bonds is 8. The lowest BCUT2D eigenvalue weighted by atomic mass is 9.78. The van der Waals surface area contributed by atoms with Crippen molar-refractivity contribution in [3.8, 4) is 5.75 Å². The van der Waals surface area contributed by atoms with Crippen LogP contribution in [0.15, 0.2) is 36.4 Å². The van der Waals surface area contributed by atoms with Gasteiger partial charge in [0.1, 0.15) is 22.9 Å². The molecule has 1 saturated heterocycles. The highest BCUT2D eigenvalue weighted by atomic mass is 19.3. The molecule has 208 valence electrons. The van der Waals surface area contributed by atoms with Crippen molar-refractivity contribution in [2.24, 2.45) is 11.8 Å². The fourth-order valence-electron chi connectivity index (χ4n) is 5.12. The van der Waals surface area contributed by atoms with Gasteiger partial charge in [-0.2, -0.15) is 8.78 Å². The van der Waals surface area contributed by atoms with Crippen LogP contribution in [-0.2, 0) is 15.6 Å². The highest BCUT2D eigenvalue weighted by Crippen LogP contribution is 2.42. The molecule has 2 fully saturated rings. The van der Waals surface area contributed by atoms with E-state index in [0.717, 1.165) is 25.0 Å². The van der Waals surface area contributed by atoms with Crippen molar-refractivity contribution in [2.45, 2.75) is 63.8 Å². The van der Waals surface area contributed by atoms with Crippen LogP contribution in [-0.4, -0.2) is 19.5 Å². The monoisotopic (exact) mass is 546 g/mol. The lowest BCUT2D eigenvalue weighted by molar-refractivity contribution is -0.229. The third-order valence-corrected chi connectivity index (χ3v) is 7.16. The van der Waals surface area contributed by atoms with Crippen LogP contribution >= 0.6 is 0 Å². The standard InChI is InChI=1S/C28H29F7O3/c1-2-3-4-5-16-14-36-27(37-15-16)18-8-6-17(7-9-18)19-10-21(29)25(22(30)11-19)28(34,35)38-20-12-23(31)26(33)24(32)13-20/h2-3,10-13,16-18,27H,4-9,14-15H2,1H3/b3-2+. The van der Waals surface area contributed by atoms with Crippen molar-refractivity contribution in [1.82, 2.24) is 0 Å². The summed E-state index contributed by atoms with van der Waals surface area (Å²) in [5.74, 6) is -9.47. The van der Waals surface area contributed by atoms with Crippen LogP contribution in [0.2, 0.25) is 0 Å². The minimum atomic E-state index is -4.61. The second kappa shape index (κ2) is 12.1. The Morgan fingerprint density at radius 1 is 0.868 bits per heavy atom. The average molecular weight is 547 g/mol. The SMILES string of the molecule is C/C=C/CCC1COC(C2CCC(c3cc(F)c(C(F)(F)Oc4cc(F)c(F)c(F)c4)c(F)c3)CC2)OC1. The first kappa shape index (κ1) is 28.4. The van der Waals surface area contributed by atoms with Crippen molar-refractivity contribution in [3.63, 3.8) is 0 Å². The van der Waals surface area contributed by atoms with E-state index in [1.54, 1.807) is 0 Å². The predicted octanol–water partition coefficient (Wildman–Crippen LogP) is 8.13. The summed E-state index contributed by atoms with van der Waals surface area (Å²) in [6, 6.07) is 1.99. The lowest BCUT2D eigenvalue weighted by Crippen LogP contribution is -2.38. The van der Waals surface area contributed by atoms with E-state index in [-0.39, 0.29) is 35.8 Å². The smallest absolute Gasteiger partial charge is 0.429 e. The Kier molecular flexibility index (Phi) is 9.03. The van der Waals surface area contributed by atoms with Gasteiger partial charge >= 0.3 is 6.11 Å². The van der Waals surface area contributed by atoms with E-state index >= 15 is 0 Å². The zero-order chi connectivity index (χ0) is 27.4. The molecule has 0 radical (unpaired) electrons. The summed E-state index contributed by atoms with van der Waals surface area (Å²) in [5, 5.41) is 0. The molecule has 1 aliphatic heterocycles. The van der Waals surface area contributed by atoms with Gasteiger partial charge in [-0.15, -0.1) is 0 Å². The van der Waals surface area contributed by atoms with Crippen LogP contribution in [0.5, 0.6) is 5.75 Å². The maximum atomic E-state index is 14.7. The number of benzene rings is 2. The first-order valence-corrected chi connectivity index (χ1v) is 12.6. The lowest BCUT2D eigenvalue weighted by Gasteiger charge is -2.37. The van der Waals surface area contributed by atoms with Gasteiger partial charge in [0, 0.05) is 24.0 Å². The van der Waals surface area contributed by atoms with Gasteiger partial charge in [0.05, 0.1) is 13.2 Å². The molecule has 1 saturated carbocycles. The van der Waals surface area contributed by atoms with Crippen molar-refractivity contribution in [3.05, 3.63) is 76.6 Å². The quantitative estimate of drug-likeness (QED) is 0.190. The second-order valence-electron chi connectivity index (χ2n) is 9.84. The maximum absolute atomic E-state index is 14.7. The van der Waals surface area contributed by atoms with Crippen LogP contribution in [0.1, 0.15) is 62.5 Å². The van der Waals surface area contributed by atoms with E-state index in [9.17, 15) is 30.7 Å². The van der Waals surface area contributed by atoms with Gasteiger partial charge < -0.3 is 14.2 Å². The van der Waals surface area contributed by atoms with Crippen molar-refractivity contribution in [2.75, 3.05) is 13.2 Å². The Bertz CT molecular complexity index is 1090. The van der Waals surface area contributed by atoms with E-state index in [1.165, 1.54) is 0 Å². The van der Waals surface area contributed by atoms with Crippen LogP contribution in [0, 0.1) is 40.9 Å². The number of hydrogen-bond acceptors (Lipinski definition) is 3. The Hall–Kier alpha value is -2.59. The van der Waals surface area contributed by atoms with Crippen molar-refractivity contribution >= 4 is 0 Å². The van der Waals surface area contributed by atoms with Crippen LogP contribution < -0.4 is 4.74 Å². The minimum Gasteiger partial charge on any atom is -0.429 e. The molecule has 0 unspecified atom stereocenters. The molecular formula is C28H29F7O3. The largest absolute Gasteiger partial charge is 0.432 e. The second-order valence-corrected chi connectivity index (χ2v) is 9.84. The molecule has 3 nitrogen and oxygen atoms in total. The van der Waals surface area contributed by atoms with Gasteiger partial charge in [-0.1, -0.05) is 12.2 Å². The molecule has 2 aromatic carbocycles. The number of allylic oxidation sites excluding steroid dienone is 2. The summed E-state index contributed by atoms with van der Waals surface area (Å²) in [4.78, 5) is 0. The fraction of sp³-hybridized carbons (Fsp3) is 0.500. The molecule has 0 spiro atoms. The topological polar surface area (TPSA) is 27.7 Å². The number of ether oxygens (including phenoxy) is 3. The average Bonchev–Trinajstić information content (AvgIpc) is 2.87. The Balaban J connectivity index is 1.37. The summed E-state index contributed by atoms with van der Waals surface area (Å²) in [6.07, 6.45) is 3.63. The van der Waals surface area contributed by atoms with Gasteiger partial charge in [-0.3, -0.25) is 0 Å². The molecular weight excluding hydrogens is 517 g/mol. The van der Waals surface area contributed by atoms with Gasteiger partial charge in [0.2, 0.25) is 0 Å². The van der Waals surface area contributed by atoms with Crippen LogP contribution in [0.3, 0.4) is 0 Å². The number of alkyl halides is 2. The van der Waals surface area contributed by atoms with E-state index in [2.05, 4.69) is 10.8 Å². The summed E-state index contributed by atoms with van der Waals surface area (Å²) in [6.45, 7) is 3.21. The van der Waals surface area contributed by atoms with Gasteiger partial charge in [-0.05, 0) is 69.1 Å². The molecule has 0 N–H and O–H groups in total. The van der Waals surface area contributed by atoms with E-state index in [1.807, 2.05) is 13.0 Å². The molecule has 4 rings (SSSR count). The number of hydrogen-bond donors (Lipinski definition) is 0. The highest BCUT2D eigenvalue weighted by molar-refractivity contribution is 5.33. The molecule has 10 heteroatoms. The molecule has 38 heavy (non-hydrogen) atoms. The molecule has 0 amide bonds. The molecule has 0 atom stereocenters. The molecule has 0 aromatic heterocycles. The molecule has 1 aliphatic carbocycles.